The maximum atomic E-state index is 11.1. The molecule has 0 saturated carbocycles. The van der Waals surface area contributed by atoms with Crippen LogP contribution in [0.25, 0.3) is 11.0 Å². The molecule has 2 rings (SSSR count). The van der Waals surface area contributed by atoms with Crippen LogP contribution in [-0.2, 0) is 0 Å². The normalized spacial score (nSPS) is 13.5. The van der Waals surface area contributed by atoms with E-state index in [1.807, 2.05) is 32.3 Å². The Morgan fingerprint density at radius 3 is 2.62 bits per heavy atom. The van der Waals surface area contributed by atoms with Crippen LogP contribution in [0.5, 0.6) is 0 Å². The Morgan fingerprint density at radius 2 is 2.00 bits per heavy atom. The first-order valence-corrected chi connectivity index (χ1v) is 5.20. The van der Waals surface area contributed by atoms with Crippen molar-refractivity contribution < 1.29 is 0 Å². The van der Waals surface area contributed by atoms with Gasteiger partial charge in [0.15, 0.2) is 0 Å². The van der Waals surface area contributed by atoms with Gasteiger partial charge in [-0.3, -0.25) is 0 Å². The number of fused-ring (bicyclic) bond motifs is 1. The van der Waals surface area contributed by atoms with E-state index >= 15 is 0 Å². The van der Waals surface area contributed by atoms with Crippen molar-refractivity contribution in [3.8, 4) is 0 Å². The number of aromatic nitrogens is 2. The fraction of sp³-hybridized carbons (Fsp3) is 0.364. The molecule has 0 amide bonds. The molecule has 1 aromatic carbocycles. The second kappa shape index (κ2) is 4.11. The number of nitrogens with one attached hydrogen (secondary N) is 2. The third-order valence-electron chi connectivity index (χ3n) is 2.77. The highest BCUT2D eigenvalue weighted by Gasteiger charge is 2.12. The van der Waals surface area contributed by atoms with Crippen molar-refractivity contribution >= 4 is 11.0 Å². The van der Waals surface area contributed by atoms with E-state index in [-0.39, 0.29) is 11.7 Å². The van der Waals surface area contributed by atoms with E-state index < -0.39 is 0 Å². The predicted molar refractivity (Wildman–Crippen MR) is 64.4 cm³/mol. The van der Waals surface area contributed by atoms with Crippen LogP contribution < -0.4 is 11.4 Å². The largest absolute Gasteiger partial charge is 0.329 e. The highest BCUT2D eigenvalue weighted by Crippen LogP contribution is 2.19. The van der Waals surface area contributed by atoms with Gasteiger partial charge in [-0.05, 0) is 31.8 Å². The zero-order chi connectivity index (χ0) is 11.7. The van der Waals surface area contributed by atoms with E-state index in [9.17, 15) is 4.79 Å². The molecule has 0 aliphatic rings. The van der Waals surface area contributed by atoms with Gasteiger partial charge in [-0.15, -0.1) is 0 Å². The van der Waals surface area contributed by atoms with Crippen molar-refractivity contribution in [3.63, 3.8) is 0 Å². The number of hydrogen-bond donors (Lipinski definition) is 3. The van der Waals surface area contributed by atoms with Crippen molar-refractivity contribution in [2.45, 2.75) is 6.04 Å². The summed E-state index contributed by atoms with van der Waals surface area (Å²) in [5.41, 5.74) is 8.31. The second-order valence-electron chi connectivity index (χ2n) is 4.10. The van der Waals surface area contributed by atoms with Crippen LogP contribution in [0.4, 0.5) is 0 Å². The molecule has 0 bridgehead atoms. The molecular formula is C11H16N4O. The van der Waals surface area contributed by atoms with Gasteiger partial charge < -0.3 is 20.6 Å². The summed E-state index contributed by atoms with van der Waals surface area (Å²) in [6.45, 7) is 0.549. The lowest BCUT2D eigenvalue weighted by atomic mass is 10.1. The van der Waals surface area contributed by atoms with Crippen molar-refractivity contribution in [1.29, 1.82) is 0 Å². The molecule has 1 atom stereocenters. The SMILES string of the molecule is CN(C)C(CN)c1ccc2[nH]c(=O)[nH]c2c1. The van der Waals surface area contributed by atoms with Crippen LogP contribution in [0.1, 0.15) is 11.6 Å². The monoisotopic (exact) mass is 220 g/mol. The summed E-state index contributed by atoms with van der Waals surface area (Å²) in [5, 5.41) is 0. The number of hydrogen-bond acceptors (Lipinski definition) is 3. The maximum Gasteiger partial charge on any atom is 0.323 e. The summed E-state index contributed by atoms with van der Waals surface area (Å²) in [6, 6.07) is 6.02. The molecule has 0 radical (unpaired) electrons. The number of likely N-dealkylation sites (N-methyl/N-ethyl adjacent to an activating group) is 1. The van der Waals surface area contributed by atoms with Crippen LogP contribution in [0.15, 0.2) is 23.0 Å². The average Bonchev–Trinajstić information content (AvgIpc) is 2.57. The fourth-order valence-electron chi connectivity index (χ4n) is 1.90. The Kier molecular flexibility index (Phi) is 2.80. The number of rotatable bonds is 3. The minimum Gasteiger partial charge on any atom is -0.329 e. The first-order valence-electron chi connectivity index (χ1n) is 5.20. The Bertz CT molecular complexity index is 540. The molecule has 1 unspecified atom stereocenters. The van der Waals surface area contributed by atoms with Gasteiger partial charge in [0.05, 0.1) is 11.0 Å². The molecule has 0 fully saturated rings. The second-order valence-corrected chi connectivity index (χ2v) is 4.10. The molecule has 0 aliphatic heterocycles. The summed E-state index contributed by atoms with van der Waals surface area (Å²) in [4.78, 5) is 18.7. The molecular weight excluding hydrogens is 204 g/mol. The number of nitrogens with two attached hydrogens (primary N) is 1. The molecule has 0 saturated heterocycles. The van der Waals surface area contributed by atoms with Gasteiger partial charge in [0.1, 0.15) is 0 Å². The minimum atomic E-state index is -0.179. The Hall–Kier alpha value is -1.59. The highest BCUT2D eigenvalue weighted by atomic mass is 16.1. The minimum absolute atomic E-state index is 0.169. The van der Waals surface area contributed by atoms with Gasteiger partial charge in [0.2, 0.25) is 0 Å². The first-order chi connectivity index (χ1) is 7.61. The molecule has 0 spiro atoms. The molecule has 1 aromatic heterocycles. The summed E-state index contributed by atoms with van der Waals surface area (Å²) < 4.78 is 0. The summed E-state index contributed by atoms with van der Waals surface area (Å²) in [7, 11) is 3.98. The third-order valence-corrected chi connectivity index (χ3v) is 2.77. The summed E-state index contributed by atoms with van der Waals surface area (Å²) in [6.07, 6.45) is 0. The van der Waals surface area contributed by atoms with Crippen LogP contribution >= 0.6 is 0 Å². The van der Waals surface area contributed by atoms with E-state index in [2.05, 4.69) is 14.9 Å². The average molecular weight is 220 g/mol. The number of nitrogens with zero attached hydrogens (tertiary/aromatic N) is 1. The van der Waals surface area contributed by atoms with Crippen molar-refractivity contribution in [3.05, 3.63) is 34.2 Å². The first kappa shape index (κ1) is 10.9. The molecule has 4 N–H and O–H groups in total. The van der Waals surface area contributed by atoms with Gasteiger partial charge >= 0.3 is 5.69 Å². The van der Waals surface area contributed by atoms with Gasteiger partial charge in [0, 0.05) is 12.6 Å². The zero-order valence-electron chi connectivity index (χ0n) is 9.45. The van der Waals surface area contributed by atoms with E-state index in [4.69, 9.17) is 5.73 Å². The lowest BCUT2D eigenvalue weighted by molar-refractivity contribution is 0.306. The van der Waals surface area contributed by atoms with Crippen LogP contribution in [-0.4, -0.2) is 35.5 Å². The Morgan fingerprint density at radius 1 is 1.31 bits per heavy atom. The van der Waals surface area contributed by atoms with Gasteiger partial charge in [-0.25, -0.2) is 4.79 Å². The quantitative estimate of drug-likeness (QED) is 0.701. The zero-order valence-corrected chi connectivity index (χ0v) is 9.45. The third kappa shape index (κ3) is 1.87. The van der Waals surface area contributed by atoms with Crippen LogP contribution in [0, 0.1) is 0 Å². The molecule has 0 aliphatic carbocycles. The molecule has 1 heterocycles. The standard InChI is InChI=1S/C11H16N4O/c1-15(2)10(6-12)7-3-4-8-9(5-7)14-11(16)13-8/h3-5,10H,6,12H2,1-2H3,(H2,13,14,16). The molecule has 86 valence electrons. The van der Waals surface area contributed by atoms with Gasteiger partial charge in [-0.2, -0.15) is 0 Å². The van der Waals surface area contributed by atoms with Gasteiger partial charge in [0.25, 0.3) is 0 Å². The number of benzene rings is 1. The van der Waals surface area contributed by atoms with Crippen LogP contribution in [0.2, 0.25) is 0 Å². The predicted octanol–water partition coefficient (Wildman–Crippen LogP) is 0.418. The summed E-state index contributed by atoms with van der Waals surface area (Å²) in [5.74, 6) is 0. The maximum absolute atomic E-state index is 11.1. The van der Waals surface area contributed by atoms with Crippen molar-refractivity contribution in [1.82, 2.24) is 14.9 Å². The molecule has 5 nitrogen and oxygen atoms in total. The van der Waals surface area contributed by atoms with E-state index in [1.165, 1.54) is 0 Å². The van der Waals surface area contributed by atoms with Gasteiger partial charge in [-0.1, -0.05) is 6.07 Å². The fourth-order valence-corrected chi connectivity index (χ4v) is 1.90. The lowest BCUT2D eigenvalue weighted by Gasteiger charge is -2.22. The number of imidazole rings is 1. The number of aromatic amines is 2. The molecule has 16 heavy (non-hydrogen) atoms. The van der Waals surface area contributed by atoms with Crippen LogP contribution in [0.3, 0.4) is 0 Å². The van der Waals surface area contributed by atoms with Crippen molar-refractivity contribution in [2.75, 3.05) is 20.6 Å². The van der Waals surface area contributed by atoms with E-state index in [0.717, 1.165) is 16.6 Å². The van der Waals surface area contributed by atoms with Crippen molar-refractivity contribution in [2.24, 2.45) is 5.73 Å². The topological polar surface area (TPSA) is 77.9 Å². The smallest absolute Gasteiger partial charge is 0.323 e. The summed E-state index contributed by atoms with van der Waals surface area (Å²) >= 11 is 0. The molecule has 5 heteroatoms. The van der Waals surface area contributed by atoms with E-state index in [0.29, 0.717) is 6.54 Å². The Labute approximate surface area is 93.3 Å². The highest BCUT2D eigenvalue weighted by molar-refractivity contribution is 5.75. The number of H-pyrrole nitrogens is 2. The Balaban J connectivity index is 2.48. The van der Waals surface area contributed by atoms with E-state index in [1.54, 1.807) is 0 Å². The lowest BCUT2D eigenvalue weighted by Crippen LogP contribution is -2.27. The molecule has 2 aromatic rings.